The minimum atomic E-state index is -0.0665. The topological polar surface area (TPSA) is 20.3 Å². The van der Waals surface area contributed by atoms with E-state index >= 15 is 0 Å². The molecular formula is C7H15NOS. The van der Waals surface area contributed by atoms with E-state index in [-0.39, 0.29) is 5.12 Å². The van der Waals surface area contributed by atoms with Crippen molar-refractivity contribution in [2.75, 3.05) is 20.1 Å². The molecule has 0 unspecified atom stereocenters. The maximum Gasteiger partial charge on any atom is 0.199 e. The standard InChI is InChI=1S/C7H15NOS/c1-6(2)4-8(3)5-7(9)10/h6H,4-5H2,1-3H3,(H,9,10). The molecule has 0 aromatic heterocycles. The zero-order valence-corrected chi connectivity index (χ0v) is 7.69. The van der Waals surface area contributed by atoms with Crippen LogP contribution in [0.4, 0.5) is 0 Å². The Kier molecular flexibility index (Phi) is 4.73. The van der Waals surface area contributed by atoms with Crippen LogP contribution in [-0.4, -0.2) is 30.2 Å². The summed E-state index contributed by atoms with van der Waals surface area (Å²) in [5.74, 6) is 0.609. The van der Waals surface area contributed by atoms with Gasteiger partial charge in [-0.15, -0.1) is 12.6 Å². The van der Waals surface area contributed by atoms with E-state index < -0.39 is 0 Å². The number of likely N-dealkylation sites (N-methyl/N-ethyl adjacent to an activating group) is 1. The minimum absolute atomic E-state index is 0.0665. The van der Waals surface area contributed by atoms with Gasteiger partial charge in [0.05, 0.1) is 6.54 Å². The van der Waals surface area contributed by atoms with E-state index in [2.05, 4.69) is 26.5 Å². The summed E-state index contributed by atoms with van der Waals surface area (Å²) in [5.41, 5.74) is 0. The third-order valence-corrected chi connectivity index (χ3v) is 1.22. The zero-order chi connectivity index (χ0) is 8.15. The first-order chi connectivity index (χ1) is 4.52. The lowest BCUT2D eigenvalue weighted by Gasteiger charge is -2.16. The SMILES string of the molecule is CC(C)CN(C)CC(=O)S. The minimum Gasteiger partial charge on any atom is -0.298 e. The maximum atomic E-state index is 10.5. The average Bonchev–Trinajstić information content (AvgIpc) is 1.58. The lowest BCUT2D eigenvalue weighted by molar-refractivity contribution is -0.111. The predicted molar refractivity (Wildman–Crippen MR) is 46.3 cm³/mol. The average molecular weight is 161 g/mol. The van der Waals surface area contributed by atoms with Crippen LogP contribution in [0, 0.1) is 5.92 Å². The molecule has 0 rings (SSSR count). The highest BCUT2D eigenvalue weighted by Crippen LogP contribution is 1.95. The van der Waals surface area contributed by atoms with Gasteiger partial charge in [-0.1, -0.05) is 13.8 Å². The van der Waals surface area contributed by atoms with Crippen LogP contribution < -0.4 is 0 Å². The van der Waals surface area contributed by atoms with Crippen molar-refractivity contribution in [3.05, 3.63) is 0 Å². The zero-order valence-electron chi connectivity index (χ0n) is 6.79. The summed E-state index contributed by atoms with van der Waals surface area (Å²) < 4.78 is 0. The van der Waals surface area contributed by atoms with Crippen molar-refractivity contribution in [2.24, 2.45) is 5.92 Å². The van der Waals surface area contributed by atoms with Gasteiger partial charge in [0.25, 0.3) is 0 Å². The summed E-state index contributed by atoms with van der Waals surface area (Å²) in [7, 11) is 1.92. The van der Waals surface area contributed by atoms with Gasteiger partial charge in [0, 0.05) is 6.54 Å². The van der Waals surface area contributed by atoms with Crippen molar-refractivity contribution in [1.29, 1.82) is 0 Å². The summed E-state index contributed by atoms with van der Waals surface area (Å²) >= 11 is 3.68. The monoisotopic (exact) mass is 161 g/mol. The van der Waals surface area contributed by atoms with Crippen molar-refractivity contribution in [1.82, 2.24) is 4.90 Å². The first-order valence-electron chi connectivity index (χ1n) is 3.42. The normalized spacial score (nSPS) is 11.0. The number of rotatable bonds is 4. The van der Waals surface area contributed by atoms with Crippen LogP contribution in [0.5, 0.6) is 0 Å². The van der Waals surface area contributed by atoms with Crippen molar-refractivity contribution >= 4 is 17.7 Å². The van der Waals surface area contributed by atoms with E-state index in [1.165, 1.54) is 0 Å². The summed E-state index contributed by atoms with van der Waals surface area (Å²) in [4.78, 5) is 12.4. The number of nitrogens with zero attached hydrogens (tertiary/aromatic N) is 1. The molecule has 0 N–H and O–H groups in total. The Morgan fingerprint density at radius 1 is 1.60 bits per heavy atom. The largest absolute Gasteiger partial charge is 0.298 e. The lowest BCUT2D eigenvalue weighted by atomic mass is 10.2. The molecule has 0 heterocycles. The molecule has 0 saturated carbocycles. The summed E-state index contributed by atoms with van der Waals surface area (Å²) in [6.45, 7) is 5.65. The van der Waals surface area contributed by atoms with E-state index in [1.807, 2.05) is 11.9 Å². The molecule has 0 saturated heterocycles. The van der Waals surface area contributed by atoms with E-state index in [4.69, 9.17) is 0 Å². The van der Waals surface area contributed by atoms with Gasteiger partial charge in [0.1, 0.15) is 0 Å². The van der Waals surface area contributed by atoms with Crippen LogP contribution in [0.2, 0.25) is 0 Å². The summed E-state index contributed by atoms with van der Waals surface area (Å²) in [6.07, 6.45) is 0. The molecular weight excluding hydrogens is 146 g/mol. The van der Waals surface area contributed by atoms with E-state index in [0.29, 0.717) is 12.5 Å². The molecule has 0 atom stereocenters. The van der Waals surface area contributed by atoms with Gasteiger partial charge in [-0.2, -0.15) is 0 Å². The van der Waals surface area contributed by atoms with Crippen LogP contribution in [-0.2, 0) is 4.79 Å². The second-order valence-corrected chi connectivity index (χ2v) is 3.48. The number of carbonyl (C=O) groups is 1. The fourth-order valence-corrected chi connectivity index (χ4v) is 1.16. The lowest BCUT2D eigenvalue weighted by Crippen LogP contribution is -2.27. The Balaban J connectivity index is 3.43. The van der Waals surface area contributed by atoms with E-state index in [1.54, 1.807) is 0 Å². The molecule has 10 heavy (non-hydrogen) atoms. The van der Waals surface area contributed by atoms with E-state index in [0.717, 1.165) is 6.54 Å². The van der Waals surface area contributed by atoms with Gasteiger partial charge < -0.3 is 0 Å². The van der Waals surface area contributed by atoms with Crippen LogP contribution in [0.25, 0.3) is 0 Å². The molecule has 0 aromatic carbocycles. The highest BCUT2D eigenvalue weighted by molar-refractivity contribution is 7.96. The Morgan fingerprint density at radius 3 is 2.40 bits per heavy atom. The van der Waals surface area contributed by atoms with Crippen LogP contribution >= 0.6 is 12.6 Å². The number of carbonyl (C=O) groups excluding carboxylic acids is 1. The van der Waals surface area contributed by atoms with E-state index in [9.17, 15) is 4.79 Å². The Morgan fingerprint density at radius 2 is 2.10 bits per heavy atom. The molecule has 3 heteroatoms. The van der Waals surface area contributed by atoms with Gasteiger partial charge in [0.2, 0.25) is 0 Å². The molecule has 0 aliphatic rings. The number of hydrogen-bond donors (Lipinski definition) is 1. The Labute approximate surface area is 68.0 Å². The third kappa shape index (κ3) is 6.11. The molecule has 0 fully saturated rings. The molecule has 0 spiro atoms. The molecule has 0 aliphatic carbocycles. The highest BCUT2D eigenvalue weighted by Gasteiger charge is 2.03. The van der Waals surface area contributed by atoms with Crippen LogP contribution in [0.3, 0.4) is 0 Å². The Hall–Kier alpha value is -0.0200. The summed E-state index contributed by atoms with van der Waals surface area (Å²) in [6, 6.07) is 0. The molecule has 0 radical (unpaired) electrons. The fourth-order valence-electron chi connectivity index (χ4n) is 0.919. The number of thiol groups is 1. The smallest absolute Gasteiger partial charge is 0.199 e. The molecule has 0 aliphatic heterocycles. The molecule has 60 valence electrons. The second-order valence-electron chi connectivity index (χ2n) is 2.98. The first-order valence-corrected chi connectivity index (χ1v) is 3.87. The number of hydrogen-bond acceptors (Lipinski definition) is 2. The quantitative estimate of drug-likeness (QED) is 0.621. The fraction of sp³-hybridized carbons (Fsp3) is 0.857. The van der Waals surface area contributed by atoms with Crippen molar-refractivity contribution < 1.29 is 4.79 Å². The van der Waals surface area contributed by atoms with Crippen molar-refractivity contribution in [2.45, 2.75) is 13.8 Å². The highest BCUT2D eigenvalue weighted by atomic mass is 32.1. The van der Waals surface area contributed by atoms with Gasteiger partial charge in [-0.05, 0) is 13.0 Å². The molecule has 0 amide bonds. The van der Waals surface area contributed by atoms with Gasteiger partial charge in [-0.25, -0.2) is 0 Å². The van der Waals surface area contributed by atoms with Crippen molar-refractivity contribution in [3.63, 3.8) is 0 Å². The van der Waals surface area contributed by atoms with Crippen LogP contribution in [0.15, 0.2) is 0 Å². The first kappa shape index (κ1) is 9.98. The molecule has 2 nitrogen and oxygen atoms in total. The maximum absolute atomic E-state index is 10.5. The predicted octanol–water partition coefficient (Wildman–Crippen LogP) is 1.03. The third-order valence-electron chi connectivity index (χ3n) is 1.08. The van der Waals surface area contributed by atoms with Gasteiger partial charge >= 0.3 is 0 Å². The Bertz CT molecular complexity index is 114. The van der Waals surface area contributed by atoms with Gasteiger partial charge in [-0.3, -0.25) is 9.69 Å². The second kappa shape index (κ2) is 4.74. The van der Waals surface area contributed by atoms with Gasteiger partial charge in [0.15, 0.2) is 5.12 Å². The van der Waals surface area contributed by atoms with Crippen LogP contribution in [0.1, 0.15) is 13.8 Å². The van der Waals surface area contributed by atoms with Crippen molar-refractivity contribution in [3.8, 4) is 0 Å². The summed E-state index contributed by atoms with van der Waals surface area (Å²) in [5, 5.41) is -0.0665. The molecule has 0 aromatic rings. The molecule has 0 bridgehead atoms.